The van der Waals surface area contributed by atoms with Crippen LogP contribution in [-0.2, 0) is 14.3 Å². The molecule has 2 atom stereocenters. The number of rotatable bonds is 2. The van der Waals surface area contributed by atoms with Crippen molar-refractivity contribution in [2.75, 3.05) is 7.11 Å². The number of methoxy groups -OCH3 is 1. The molecule has 1 rings (SSSR count). The lowest BCUT2D eigenvalue weighted by Gasteiger charge is -2.38. The van der Waals surface area contributed by atoms with Crippen LogP contribution in [0.2, 0.25) is 0 Å². The van der Waals surface area contributed by atoms with E-state index in [1.807, 2.05) is 20.8 Å². The lowest BCUT2D eigenvalue weighted by Crippen LogP contribution is -2.41. The maximum absolute atomic E-state index is 11.7. The number of hydrogen-bond donors (Lipinski definition) is 0. The van der Waals surface area contributed by atoms with Crippen LogP contribution >= 0.6 is 0 Å². The SMILES string of the molecule is COC(=O)[C@H]1CC[C@@](C)(C(C)=O)C1(C)C. The van der Waals surface area contributed by atoms with Crippen molar-refractivity contribution in [2.45, 2.75) is 40.5 Å². The summed E-state index contributed by atoms with van der Waals surface area (Å²) in [6.45, 7) is 7.55. The van der Waals surface area contributed by atoms with Crippen LogP contribution in [0.5, 0.6) is 0 Å². The van der Waals surface area contributed by atoms with Gasteiger partial charge in [0.05, 0.1) is 13.0 Å². The number of ether oxygens (including phenoxy) is 1. The Bertz CT molecular complexity index is 293. The summed E-state index contributed by atoms with van der Waals surface area (Å²) in [4.78, 5) is 23.3. The predicted molar refractivity (Wildman–Crippen MR) is 57.3 cm³/mol. The average molecular weight is 212 g/mol. The van der Waals surface area contributed by atoms with E-state index in [2.05, 4.69) is 0 Å². The van der Waals surface area contributed by atoms with Crippen molar-refractivity contribution in [2.24, 2.45) is 16.7 Å². The van der Waals surface area contributed by atoms with Gasteiger partial charge in [-0.1, -0.05) is 20.8 Å². The number of carbonyl (C=O) groups excluding carboxylic acids is 2. The smallest absolute Gasteiger partial charge is 0.309 e. The molecular weight excluding hydrogens is 192 g/mol. The zero-order valence-electron chi connectivity index (χ0n) is 10.2. The molecule has 1 saturated carbocycles. The first-order valence-electron chi connectivity index (χ1n) is 5.36. The number of Topliss-reactive ketones (excluding diaryl/α,β-unsaturated/α-hetero) is 1. The standard InChI is InChI=1S/C12H20O3/c1-8(13)12(4)7-6-9(10(14)15-5)11(12,2)3/h9H,6-7H2,1-5H3/t9-,12+/m1/s1. The zero-order chi connectivity index (χ0) is 11.9. The first kappa shape index (κ1) is 12.2. The molecule has 0 unspecified atom stereocenters. The molecule has 0 radical (unpaired) electrons. The van der Waals surface area contributed by atoms with Gasteiger partial charge in [0, 0.05) is 5.41 Å². The second-order valence-corrected chi connectivity index (χ2v) is 5.22. The van der Waals surface area contributed by atoms with Crippen molar-refractivity contribution in [3.63, 3.8) is 0 Å². The van der Waals surface area contributed by atoms with Gasteiger partial charge in [-0.3, -0.25) is 9.59 Å². The molecule has 3 nitrogen and oxygen atoms in total. The molecule has 0 saturated heterocycles. The summed E-state index contributed by atoms with van der Waals surface area (Å²) in [7, 11) is 1.40. The molecule has 0 spiro atoms. The molecule has 0 bridgehead atoms. The molecule has 0 amide bonds. The summed E-state index contributed by atoms with van der Waals surface area (Å²) in [6.07, 6.45) is 1.52. The third-order valence-electron chi connectivity index (χ3n) is 4.49. The van der Waals surface area contributed by atoms with Crippen molar-refractivity contribution in [3.05, 3.63) is 0 Å². The highest BCUT2D eigenvalue weighted by Crippen LogP contribution is 2.56. The molecular formula is C12H20O3. The van der Waals surface area contributed by atoms with Crippen molar-refractivity contribution in [3.8, 4) is 0 Å². The van der Waals surface area contributed by atoms with Gasteiger partial charge < -0.3 is 4.74 Å². The summed E-state index contributed by atoms with van der Waals surface area (Å²) in [6, 6.07) is 0. The fourth-order valence-electron chi connectivity index (χ4n) is 2.69. The Labute approximate surface area is 91.2 Å². The number of esters is 1. The third-order valence-corrected chi connectivity index (χ3v) is 4.49. The van der Waals surface area contributed by atoms with Gasteiger partial charge in [-0.15, -0.1) is 0 Å². The normalized spacial score (nSPS) is 33.8. The van der Waals surface area contributed by atoms with Crippen molar-refractivity contribution < 1.29 is 14.3 Å². The highest BCUT2D eigenvalue weighted by molar-refractivity contribution is 5.85. The summed E-state index contributed by atoms with van der Waals surface area (Å²) >= 11 is 0. The van der Waals surface area contributed by atoms with Crippen LogP contribution in [0.15, 0.2) is 0 Å². The molecule has 15 heavy (non-hydrogen) atoms. The minimum absolute atomic E-state index is 0.156. The quantitative estimate of drug-likeness (QED) is 0.659. The van der Waals surface area contributed by atoms with Gasteiger partial charge >= 0.3 is 5.97 Å². The first-order chi connectivity index (χ1) is 6.77. The fourth-order valence-corrected chi connectivity index (χ4v) is 2.69. The van der Waals surface area contributed by atoms with Crippen molar-refractivity contribution in [1.29, 1.82) is 0 Å². The minimum atomic E-state index is -0.397. The van der Waals surface area contributed by atoms with Crippen molar-refractivity contribution in [1.82, 2.24) is 0 Å². The summed E-state index contributed by atoms with van der Waals surface area (Å²) in [5.74, 6) is -0.180. The van der Waals surface area contributed by atoms with E-state index in [-0.39, 0.29) is 23.1 Å². The fraction of sp³-hybridized carbons (Fsp3) is 0.833. The number of ketones is 1. The topological polar surface area (TPSA) is 43.4 Å². The van der Waals surface area contributed by atoms with Gasteiger partial charge in [-0.25, -0.2) is 0 Å². The molecule has 0 aliphatic heterocycles. The molecule has 0 heterocycles. The highest BCUT2D eigenvalue weighted by atomic mass is 16.5. The van der Waals surface area contributed by atoms with E-state index >= 15 is 0 Å². The molecule has 1 aliphatic carbocycles. The third kappa shape index (κ3) is 1.58. The average Bonchev–Trinajstić information content (AvgIpc) is 2.39. The molecule has 0 aromatic carbocycles. The Morgan fingerprint density at radius 3 is 2.13 bits per heavy atom. The van der Waals surface area contributed by atoms with Crippen LogP contribution in [0.25, 0.3) is 0 Å². The molecule has 0 N–H and O–H groups in total. The second kappa shape index (κ2) is 3.62. The van der Waals surface area contributed by atoms with Crippen LogP contribution in [0.1, 0.15) is 40.5 Å². The van der Waals surface area contributed by atoms with Gasteiger partial charge in [0.25, 0.3) is 0 Å². The van der Waals surface area contributed by atoms with Crippen LogP contribution in [0.4, 0.5) is 0 Å². The molecule has 86 valence electrons. The van der Waals surface area contributed by atoms with Gasteiger partial charge in [-0.2, -0.15) is 0 Å². The molecule has 0 aromatic heterocycles. The lowest BCUT2D eigenvalue weighted by molar-refractivity contribution is -0.151. The van der Waals surface area contributed by atoms with E-state index < -0.39 is 5.41 Å². The van der Waals surface area contributed by atoms with E-state index in [9.17, 15) is 9.59 Å². The molecule has 1 aliphatic rings. The Morgan fingerprint density at radius 2 is 1.80 bits per heavy atom. The van der Waals surface area contributed by atoms with Gasteiger partial charge in [-0.05, 0) is 25.2 Å². The van der Waals surface area contributed by atoms with E-state index in [0.717, 1.165) is 12.8 Å². The van der Waals surface area contributed by atoms with Crippen LogP contribution in [-0.4, -0.2) is 18.9 Å². The maximum atomic E-state index is 11.7. The minimum Gasteiger partial charge on any atom is -0.469 e. The van der Waals surface area contributed by atoms with Crippen molar-refractivity contribution >= 4 is 11.8 Å². The largest absolute Gasteiger partial charge is 0.469 e. The van der Waals surface area contributed by atoms with E-state index in [0.29, 0.717) is 0 Å². The van der Waals surface area contributed by atoms with Gasteiger partial charge in [0.15, 0.2) is 0 Å². The predicted octanol–water partition coefficient (Wildman–Crippen LogP) is 2.19. The van der Waals surface area contributed by atoms with Gasteiger partial charge in [0.1, 0.15) is 5.78 Å². The Morgan fingerprint density at radius 1 is 1.27 bits per heavy atom. The summed E-state index contributed by atoms with van der Waals surface area (Å²) < 4.78 is 4.79. The lowest BCUT2D eigenvalue weighted by atomic mass is 9.64. The Hall–Kier alpha value is -0.860. The van der Waals surface area contributed by atoms with Crippen LogP contribution < -0.4 is 0 Å². The Kier molecular flexibility index (Phi) is 2.94. The summed E-state index contributed by atoms with van der Waals surface area (Å²) in [5, 5.41) is 0. The van der Waals surface area contributed by atoms with E-state index in [4.69, 9.17) is 4.74 Å². The van der Waals surface area contributed by atoms with Crippen LogP contribution in [0.3, 0.4) is 0 Å². The molecule has 0 aromatic rings. The van der Waals surface area contributed by atoms with E-state index in [1.165, 1.54) is 7.11 Å². The number of hydrogen-bond acceptors (Lipinski definition) is 3. The Balaban J connectivity index is 3.04. The monoisotopic (exact) mass is 212 g/mol. The van der Waals surface area contributed by atoms with E-state index in [1.54, 1.807) is 6.92 Å². The number of carbonyl (C=O) groups is 2. The zero-order valence-corrected chi connectivity index (χ0v) is 10.2. The summed E-state index contributed by atoms with van der Waals surface area (Å²) in [5.41, 5.74) is -0.711. The first-order valence-corrected chi connectivity index (χ1v) is 5.36. The second-order valence-electron chi connectivity index (χ2n) is 5.22. The maximum Gasteiger partial charge on any atom is 0.309 e. The highest BCUT2D eigenvalue weighted by Gasteiger charge is 2.56. The van der Waals surface area contributed by atoms with Crippen LogP contribution in [0, 0.1) is 16.7 Å². The molecule has 3 heteroatoms. The van der Waals surface area contributed by atoms with Gasteiger partial charge in [0.2, 0.25) is 0 Å². The molecule has 1 fully saturated rings.